The van der Waals surface area contributed by atoms with Gasteiger partial charge in [0.2, 0.25) is 11.9 Å². The van der Waals surface area contributed by atoms with Crippen molar-refractivity contribution in [1.29, 1.82) is 0 Å². The van der Waals surface area contributed by atoms with Gasteiger partial charge in [0.15, 0.2) is 0 Å². The van der Waals surface area contributed by atoms with Crippen LogP contribution < -0.4 is 0 Å². The largest absolute Gasteiger partial charge is 0.392 e. The molecular weight excluding hydrogens is 330 g/mol. The summed E-state index contributed by atoms with van der Waals surface area (Å²) < 4.78 is 2.20. The first-order chi connectivity index (χ1) is 12.5. The quantitative estimate of drug-likeness (QED) is 0.752. The Morgan fingerprint density at radius 3 is 2.42 bits per heavy atom. The normalized spacial score (nSPS) is 23.1. The van der Waals surface area contributed by atoms with Crippen LogP contribution in [0.1, 0.15) is 24.0 Å². The molecule has 0 spiro atoms. The first-order valence-corrected chi connectivity index (χ1v) is 9.05. The van der Waals surface area contributed by atoms with Gasteiger partial charge in [0, 0.05) is 7.05 Å². The fourth-order valence-corrected chi connectivity index (χ4v) is 3.82. The van der Waals surface area contributed by atoms with Crippen LogP contribution in [-0.4, -0.2) is 76.2 Å². The number of guanidine groups is 1. The van der Waals surface area contributed by atoms with Gasteiger partial charge in [-0.1, -0.05) is 34.8 Å². The van der Waals surface area contributed by atoms with E-state index in [1.165, 1.54) is 9.80 Å². The van der Waals surface area contributed by atoms with Gasteiger partial charge < -0.3 is 0 Å². The second kappa shape index (κ2) is 6.23. The summed E-state index contributed by atoms with van der Waals surface area (Å²) in [7, 11) is 3.59. The number of carbonyl (C=O) groups is 2. The molecule has 1 aromatic carbocycles. The van der Waals surface area contributed by atoms with Crippen LogP contribution in [0.2, 0.25) is 0 Å². The number of benzene rings is 1. The van der Waals surface area contributed by atoms with Crippen LogP contribution in [0.25, 0.3) is 0 Å². The monoisotopic (exact) mass is 354 g/mol. The number of hydrogen-bond acceptors (Lipinski definition) is 2. The van der Waals surface area contributed by atoms with Crippen LogP contribution in [0.4, 0.5) is 4.79 Å². The van der Waals surface area contributed by atoms with Crippen molar-refractivity contribution in [1.82, 2.24) is 14.7 Å². The minimum atomic E-state index is -0.529. The molecule has 4 rings (SSSR count). The SMILES string of the molecule is Cc1ccc(CN2C(=O)C3C(=NC(=[N+]4CCCC4)N3C)N(C)C2=O)cc1. The number of hydrogen-bond donors (Lipinski definition) is 0. The van der Waals surface area contributed by atoms with Crippen LogP contribution in [0.3, 0.4) is 0 Å². The minimum Gasteiger partial charge on any atom is -0.270 e. The third-order valence-electron chi connectivity index (χ3n) is 5.37. The van der Waals surface area contributed by atoms with E-state index in [0.29, 0.717) is 5.84 Å². The van der Waals surface area contributed by atoms with Crippen molar-refractivity contribution in [2.24, 2.45) is 4.99 Å². The Hall–Kier alpha value is -2.70. The molecular formula is C19H24N5O2+. The molecule has 1 aromatic rings. The summed E-state index contributed by atoms with van der Waals surface area (Å²) in [6, 6.07) is 7.05. The molecule has 26 heavy (non-hydrogen) atoms. The standard InChI is InChI=1S/C19H24N5O2/c1-13-6-8-14(9-7-13)12-24-17(25)15-16(22(3)19(24)26)20-18(21(15)2)23-10-4-5-11-23/h6-9,15H,4-5,10-12H2,1-3H3/q+1. The van der Waals surface area contributed by atoms with Crippen molar-refractivity contribution in [3.05, 3.63) is 35.4 Å². The van der Waals surface area contributed by atoms with E-state index in [4.69, 9.17) is 0 Å². The van der Waals surface area contributed by atoms with E-state index in [9.17, 15) is 9.59 Å². The van der Waals surface area contributed by atoms with E-state index in [1.807, 2.05) is 43.1 Å². The molecule has 2 fully saturated rings. The molecule has 0 radical (unpaired) electrons. The Morgan fingerprint density at radius 1 is 1.12 bits per heavy atom. The number of likely N-dealkylation sites (N-methyl/N-ethyl adjacent to an activating group) is 2. The molecule has 7 nitrogen and oxygen atoms in total. The molecule has 0 N–H and O–H groups in total. The van der Waals surface area contributed by atoms with E-state index < -0.39 is 6.04 Å². The molecule has 0 bridgehead atoms. The smallest absolute Gasteiger partial charge is 0.270 e. The minimum absolute atomic E-state index is 0.205. The van der Waals surface area contributed by atoms with Gasteiger partial charge in [-0.3, -0.25) is 19.2 Å². The van der Waals surface area contributed by atoms with E-state index in [2.05, 4.69) is 9.57 Å². The molecule has 136 valence electrons. The predicted molar refractivity (Wildman–Crippen MR) is 98.1 cm³/mol. The lowest BCUT2D eigenvalue weighted by Crippen LogP contribution is -2.63. The molecule has 1 atom stereocenters. The molecule has 0 aromatic heterocycles. The number of amides is 3. The summed E-state index contributed by atoms with van der Waals surface area (Å²) in [5.41, 5.74) is 2.09. The van der Waals surface area contributed by atoms with E-state index in [1.54, 1.807) is 7.05 Å². The molecule has 2 saturated heterocycles. The Kier molecular flexibility index (Phi) is 4.01. The second-order valence-corrected chi connectivity index (χ2v) is 7.23. The summed E-state index contributed by atoms with van der Waals surface area (Å²) >= 11 is 0. The average Bonchev–Trinajstić information content (AvgIpc) is 3.26. The lowest BCUT2D eigenvalue weighted by molar-refractivity contribution is -0.511. The number of rotatable bonds is 2. The van der Waals surface area contributed by atoms with E-state index in [-0.39, 0.29) is 18.5 Å². The van der Waals surface area contributed by atoms with Crippen LogP contribution in [-0.2, 0) is 11.3 Å². The molecule has 0 aliphatic carbocycles. The Balaban J connectivity index is 1.65. The van der Waals surface area contributed by atoms with Crippen molar-refractivity contribution in [2.45, 2.75) is 32.4 Å². The van der Waals surface area contributed by atoms with Crippen LogP contribution in [0.5, 0.6) is 0 Å². The highest BCUT2D eigenvalue weighted by Crippen LogP contribution is 2.24. The van der Waals surface area contributed by atoms with Gasteiger partial charge in [0.05, 0.1) is 26.7 Å². The van der Waals surface area contributed by atoms with Gasteiger partial charge in [-0.05, 0) is 25.3 Å². The van der Waals surface area contributed by atoms with Gasteiger partial charge >= 0.3 is 12.0 Å². The third kappa shape index (κ3) is 2.58. The molecule has 1 unspecified atom stereocenters. The van der Waals surface area contributed by atoms with Gasteiger partial charge in [0.25, 0.3) is 5.91 Å². The number of amidine groups is 1. The van der Waals surface area contributed by atoms with Crippen molar-refractivity contribution in [3.8, 4) is 0 Å². The molecule has 3 heterocycles. The maximum atomic E-state index is 13.1. The maximum Gasteiger partial charge on any atom is 0.392 e. The highest BCUT2D eigenvalue weighted by Gasteiger charge is 2.54. The van der Waals surface area contributed by atoms with Gasteiger partial charge in [-0.15, -0.1) is 0 Å². The number of nitrogens with zero attached hydrogens (tertiary/aromatic N) is 5. The van der Waals surface area contributed by atoms with Crippen LogP contribution in [0, 0.1) is 6.92 Å². The maximum absolute atomic E-state index is 13.1. The van der Waals surface area contributed by atoms with E-state index >= 15 is 0 Å². The summed E-state index contributed by atoms with van der Waals surface area (Å²) in [6.07, 6.45) is 2.27. The number of urea groups is 1. The lowest BCUT2D eigenvalue weighted by Gasteiger charge is -2.34. The number of carbonyl (C=O) groups excluding carboxylic acids is 2. The summed E-state index contributed by atoms with van der Waals surface area (Å²) in [5, 5.41) is 0. The van der Waals surface area contributed by atoms with Crippen molar-refractivity contribution in [2.75, 3.05) is 27.2 Å². The fraction of sp³-hybridized carbons (Fsp3) is 0.474. The number of aliphatic imine (C=N–C) groups is 1. The van der Waals surface area contributed by atoms with Gasteiger partial charge in [-0.25, -0.2) is 9.69 Å². The van der Waals surface area contributed by atoms with Crippen molar-refractivity contribution < 1.29 is 14.2 Å². The van der Waals surface area contributed by atoms with Crippen molar-refractivity contribution in [3.63, 3.8) is 0 Å². The number of imide groups is 1. The average molecular weight is 354 g/mol. The summed E-state index contributed by atoms with van der Waals surface area (Å²) in [5.74, 6) is 1.13. The third-order valence-corrected chi connectivity index (χ3v) is 5.37. The Labute approximate surface area is 153 Å². The zero-order chi connectivity index (χ0) is 18.4. The second-order valence-electron chi connectivity index (χ2n) is 7.23. The summed E-state index contributed by atoms with van der Waals surface area (Å²) in [6.45, 7) is 4.18. The Morgan fingerprint density at radius 2 is 1.77 bits per heavy atom. The molecule has 3 aliphatic rings. The lowest BCUT2D eigenvalue weighted by atomic mass is 10.1. The topological polar surface area (TPSA) is 59.2 Å². The molecule has 7 heteroatoms. The first kappa shape index (κ1) is 16.8. The number of aryl methyl sites for hydroxylation is 1. The molecule has 3 amide bonds. The number of fused-ring (bicyclic) bond motifs is 1. The van der Waals surface area contributed by atoms with Gasteiger partial charge in [0.1, 0.15) is 0 Å². The predicted octanol–water partition coefficient (Wildman–Crippen LogP) is 1.26. The summed E-state index contributed by atoms with van der Waals surface area (Å²) in [4.78, 5) is 35.3. The highest BCUT2D eigenvalue weighted by atomic mass is 16.2. The Bertz CT molecular complexity index is 819. The van der Waals surface area contributed by atoms with Crippen molar-refractivity contribution >= 4 is 23.7 Å². The van der Waals surface area contributed by atoms with E-state index in [0.717, 1.165) is 43.0 Å². The zero-order valence-electron chi connectivity index (χ0n) is 15.5. The zero-order valence-corrected chi connectivity index (χ0v) is 15.5. The highest BCUT2D eigenvalue weighted by molar-refractivity contribution is 6.25. The van der Waals surface area contributed by atoms with Crippen LogP contribution in [0.15, 0.2) is 29.3 Å². The van der Waals surface area contributed by atoms with Crippen LogP contribution >= 0.6 is 0 Å². The first-order valence-electron chi connectivity index (χ1n) is 9.05. The van der Waals surface area contributed by atoms with Gasteiger partial charge in [-0.2, -0.15) is 0 Å². The molecule has 0 saturated carbocycles. The fourth-order valence-electron chi connectivity index (χ4n) is 3.82. The molecule has 3 aliphatic heterocycles.